The molecular weight excluding hydrogens is 262 g/mol. The van der Waals surface area contributed by atoms with Crippen LogP contribution in [0.15, 0.2) is 54.6 Å². The van der Waals surface area contributed by atoms with Gasteiger partial charge in [0.25, 0.3) is 0 Å². The maximum atomic E-state index is 12.2. The quantitative estimate of drug-likeness (QED) is 0.619. The SMILES string of the molecule is COc1ccccc1C(=O)/C=C/c1ccc(N(C)C)cc1. The van der Waals surface area contributed by atoms with Crippen LogP contribution in [0.4, 0.5) is 5.69 Å². The number of hydrogen-bond donors (Lipinski definition) is 0. The van der Waals surface area contributed by atoms with Crippen molar-refractivity contribution in [1.29, 1.82) is 0 Å². The second-order valence-corrected chi connectivity index (χ2v) is 4.88. The highest BCUT2D eigenvalue weighted by Gasteiger charge is 2.07. The largest absolute Gasteiger partial charge is 0.496 e. The number of ketones is 1. The normalized spacial score (nSPS) is 10.6. The van der Waals surface area contributed by atoms with Crippen molar-refractivity contribution < 1.29 is 9.53 Å². The second kappa shape index (κ2) is 6.75. The molecule has 0 aromatic heterocycles. The van der Waals surface area contributed by atoms with Crippen LogP contribution >= 0.6 is 0 Å². The van der Waals surface area contributed by atoms with E-state index in [4.69, 9.17) is 4.74 Å². The van der Waals surface area contributed by atoms with Crippen LogP contribution in [0.5, 0.6) is 5.75 Å². The Balaban J connectivity index is 2.15. The lowest BCUT2D eigenvalue weighted by molar-refractivity contribution is 0.104. The van der Waals surface area contributed by atoms with Crippen molar-refractivity contribution in [3.63, 3.8) is 0 Å². The number of nitrogens with zero attached hydrogens (tertiary/aromatic N) is 1. The summed E-state index contributed by atoms with van der Waals surface area (Å²) in [4.78, 5) is 14.2. The van der Waals surface area contributed by atoms with Gasteiger partial charge >= 0.3 is 0 Å². The molecule has 0 spiro atoms. The van der Waals surface area contributed by atoms with Gasteiger partial charge in [0.15, 0.2) is 5.78 Å². The molecule has 0 heterocycles. The molecule has 21 heavy (non-hydrogen) atoms. The molecule has 2 rings (SSSR count). The van der Waals surface area contributed by atoms with Crippen LogP contribution < -0.4 is 9.64 Å². The van der Waals surface area contributed by atoms with Crippen LogP contribution in [0, 0.1) is 0 Å². The molecule has 0 aliphatic rings. The van der Waals surface area contributed by atoms with E-state index in [1.807, 2.05) is 61.5 Å². The maximum absolute atomic E-state index is 12.2. The van der Waals surface area contributed by atoms with E-state index >= 15 is 0 Å². The minimum absolute atomic E-state index is 0.0656. The first-order chi connectivity index (χ1) is 10.1. The standard InChI is InChI=1S/C18H19NO2/c1-19(2)15-11-8-14(9-12-15)10-13-17(20)16-6-4-5-7-18(16)21-3/h4-13H,1-3H3/b13-10+. The third kappa shape index (κ3) is 3.72. The van der Waals surface area contributed by atoms with Gasteiger partial charge in [-0.1, -0.05) is 30.3 Å². The Morgan fingerprint density at radius 3 is 2.33 bits per heavy atom. The van der Waals surface area contributed by atoms with Crippen molar-refractivity contribution in [3.05, 3.63) is 65.7 Å². The summed E-state index contributed by atoms with van der Waals surface area (Å²) in [7, 11) is 5.56. The third-order valence-corrected chi connectivity index (χ3v) is 3.21. The number of benzene rings is 2. The molecule has 0 unspecified atom stereocenters. The van der Waals surface area contributed by atoms with Crippen molar-refractivity contribution >= 4 is 17.5 Å². The molecule has 2 aromatic rings. The number of carbonyl (C=O) groups excluding carboxylic acids is 1. The molecule has 3 heteroatoms. The second-order valence-electron chi connectivity index (χ2n) is 4.88. The summed E-state index contributed by atoms with van der Waals surface area (Å²) < 4.78 is 5.20. The number of allylic oxidation sites excluding steroid dienone is 1. The molecule has 0 aliphatic heterocycles. The Morgan fingerprint density at radius 1 is 1.05 bits per heavy atom. The number of methoxy groups -OCH3 is 1. The Hall–Kier alpha value is -2.55. The average Bonchev–Trinajstić information content (AvgIpc) is 2.52. The molecule has 0 saturated carbocycles. The van der Waals surface area contributed by atoms with Crippen molar-refractivity contribution in [3.8, 4) is 5.75 Å². The molecule has 0 saturated heterocycles. The summed E-state index contributed by atoms with van der Waals surface area (Å²) in [6, 6.07) is 15.2. The lowest BCUT2D eigenvalue weighted by atomic mass is 10.1. The number of rotatable bonds is 5. The minimum Gasteiger partial charge on any atom is -0.496 e. The molecule has 2 aromatic carbocycles. The monoisotopic (exact) mass is 281 g/mol. The van der Waals surface area contributed by atoms with Crippen LogP contribution in [0.25, 0.3) is 6.08 Å². The molecule has 0 fully saturated rings. The number of ether oxygens (including phenoxy) is 1. The van der Waals surface area contributed by atoms with E-state index in [0.717, 1.165) is 11.3 Å². The molecule has 108 valence electrons. The molecule has 3 nitrogen and oxygen atoms in total. The Bertz CT molecular complexity index is 643. The topological polar surface area (TPSA) is 29.5 Å². The smallest absolute Gasteiger partial charge is 0.189 e. The van der Waals surface area contributed by atoms with Gasteiger partial charge in [-0.05, 0) is 35.9 Å². The van der Waals surface area contributed by atoms with Gasteiger partial charge in [-0.15, -0.1) is 0 Å². The zero-order valence-electron chi connectivity index (χ0n) is 12.5. The van der Waals surface area contributed by atoms with E-state index in [2.05, 4.69) is 0 Å². The fourth-order valence-electron chi connectivity index (χ4n) is 1.99. The molecule has 0 N–H and O–H groups in total. The highest BCUT2D eigenvalue weighted by molar-refractivity contribution is 6.08. The zero-order valence-corrected chi connectivity index (χ0v) is 12.5. The van der Waals surface area contributed by atoms with Crippen molar-refractivity contribution in [1.82, 2.24) is 0 Å². The molecule has 0 bridgehead atoms. The van der Waals surface area contributed by atoms with Gasteiger partial charge in [-0.3, -0.25) is 4.79 Å². The van der Waals surface area contributed by atoms with Crippen LogP contribution in [-0.2, 0) is 0 Å². The zero-order chi connectivity index (χ0) is 15.2. The fourth-order valence-corrected chi connectivity index (χ4v) is 1.99. The van der Waals surface area contributed by atoms with E-state index in [-0.39, 0.29) is 5.78 Å². The van der Waals surface area contributed by atoms with Crippen molar-refractivity contribution in [2.24, 2.45) is 0 Å². The van der Waals surface area contributed by atoms with Crippen LogP contribution in [0.3, 0.4) is 0 Å². The highest BCUT2D eigenvalue weighted by atomic mass is 16.5. The van der Waals surface area contributed by atoms with Crippen molar-refractivity contribution in [2.75, 3.05) is 26.1 Å². The molecule has 0 amide bonds. The van der Waals surface area contributed by atoms with Crippen LogP contribution in [0.1, 0.15) is 15.9 Å². The van der Waals surface area contributed by atoms with Gasteiger partial charge in [0.1, 0.15) is 5.75 Å². The number of hydrogen-bond acceptors (Lipinski definition) is 3. The first-order valence-electron chi connectivity index (χ1n) is 6.74. The lowest BCUT2D eigenvalue weighted by Gasteiger charge is -2.11. The van der Waals surface area contributed by atoms with Crippen LogP contribution in [-0.4, -0.2) is 27.0 Å². The van der Waals surface area contributed by atoms with Crippen LogP contribution in [0.2, 0.25) is 0 Å². The van der Waals surface area contributed by atoms with Gasteiger partial charge in [0.05, 0.1) is 12.7 Å². The summed E-state index contributed by atoms with van der Waals surface area (Å²) in [5.41, 5.74) is 2.69. The number of carbonyl (C=O) groups is 1. The predicted octanol–water partition coefficient (Wildman–Crippen LogP) is 3.66. The average molecular weight is 281 g/mol. The summed E-state index contributed by atoms with van der Waals surface area (Å²) >= 11 is 0. The fraction of sp³-hybridized carbons (Fsp3) is 0.167. The predicted molar refractivity (Wildman–Crippen MR) is 87.1 cm³/mol. The van der Waals surface area contributed by atoms with E-state index < -0.39 is 0 Å². The van der Waals surface area contributed by atoms with E-state index in [1.165, 1.54) is 0 Å². The van der Waals surface area contributed by atoms with E-state index in [0.29, 0.717) is 11.3 Å². The van der Waals surface area contributed by atoms with E-state index in [9.17, 15) is 4.79 Å². The Labute approximate surface area is 125 Å². The van der Waals surface area contributed by atoms with Gasteiger partial charge in [0, 0.05) is 19.8 Å². The Morgan fingerprint density at radius 2 is 1.71 bits per heavy atom. The molecule has 0 radical (unpaired) electrons. The van der Waals surface area contributed by atoms with Crippen molar-refractivity contribution in [2.45, 2.75) is 0 Å². The number of anilines is 1. The molecule has 0 aliphatic carbocycles. The summed E-state index contributed by atoms with van der Waals surface area (Å²) in [6.07, 6.45) is 3.39. The highest BCUT2D eigenvalue weighted by Crippen LogP contribution is 2.19. The molecule has 0 atom stereocenters. The van der Waals surface area contributed by atoms with Gasteiger partial charge in [-0.2, -0.15) is 0 Å². The summed E-state index contributed by atoms with van der Waals surface area (Å²) in [5, 5.41) is 0. The number of para-hydroxylation sites is 1. The van der Waals surface area contributed by atoms with Gasteiger partial charge in [-0.25, -0.2) is 0 Å². The maximum Gasteiger partial charge on any atom is 0.189 e. The summed E-state index contributed by atoms with van der Waals surface area (Å²) in [6.45, 7) is 0. The third-order valence-electron chi connectivity index (χ3n) is 3.21. The Kier molecular flexibility index (Phi) is 4.77. The minimum atomic E-state index is -0.0656. The molecular formula is C18H19NO2. The summed E-state index contributed by atoms with van der Waals surface area (Å²) in [5.74, 6) is 0.527. The van der Waals surface area contributed by atoms with Gasteiger partial charge in [0.2, 0.25) is 0 Å². The lowest BCUT2D eigenvalue weighted by Crippen LogP contribution is -2.07. The van der Waals surface area contributed by atoms with E-state index in [1.54, 1.807) is 25.3 Å². The first-order valence-corrected chi connectivity index (χ1v) is 6.74. The first kappa shape index (κ1) is 14.9. The van der Waals surface area contributed by atoms with Gasteiger partial charge < -0.3 is 9.64 Å².